The lowest BCUT2D eigenvalue weighted by molar-refractivity contribution is -0.138. The van der Waals surface area contributed by atoms with Gasteiger partial charge in [0, 0.05) is 5.02 Å². The first-order valence-electron chi connectivity index (χ1n) is 8.17. The Kier molecular flexibility index (Phi) is 5.39. The third-order valence-corrected chi connectivity index (χ3v) is 6.43. The molecule has 0 aliphatic heterocycles. The highest BCUT2D eigenvalue weighted by atomic mass is 35.5. The molecule has 0 saturated heterocycles. The molecule has 7 heteroatoms. The van der Waals surface area contributed by atoms with E-state index in [1.54, 1.807) is 24.3 Å². The SMILES string of the molecule is COC(=O)CN(c1ccc(C)c(Cl)c1)S(=O)(=O)c1ccc2ccccc2c1. The smallest absolute Gasteiger partial charge is 0.326 e. The van der Waals surface area contributed by atoms with Crippen molar-refractivity contribution < 1.29 is 17.9 Å². The summed E-state index contributed by atoms with van der Waals surface area (Å²) in [6, 6.07) is 17.2. The number of methoxy groups -OCH3 is 1. The highest BCUT2D eigenvalue weighted by molar-refractivity contribution is 7.92. The lowest BCUT2D eigenvalue weighted by Gasteiger charge is -2.24. The maximum atomic E-state index is 13.3. The van der Waals surface area contributed by atoms with Crippen molar-refractivity contribution in [3.8, 4) is 0 Å². The fourth-order valence-electron chi connectivity index (χ4n) is 2.69. The van der Waals surface area contributed by atoms with Crippen molar-refractivity contribution in [1.29, 1.82) is 0 Å². The van der Waals surface area contributed by atoms with Gasteiger partial charge in [0.2, 0.25) is 0 Å². The molecule has 0 aromatic heterocycles. The Morgan fingerprint density at radius 3 is 2.41 bits per heavy atom. The Hall–Kier alpha value is -2.57. The number of rotatable bonds is 5. The van der Waals surface area contributed by atoms with E-state index in [2.05, 4.69) is 4.74 Å². The molecule has 0 N–H and O–H groups in total. The van der Waals surface area contributed by atoms with Crippen LogP contribution in [0, 0.1) is 6.92 Å². The summed E-state index contributed by atoms with van der Waals surface area (Å²) >= 11 is 6.16. The Morgan fingerprint density at radius 1 is 1.04 bits per heavy atom. The Morgan fingerprint density at radius 2 is 1.74 bits per heavy atom. The number of hydrogen-bond donors (Lipinski definition) is 0. The van der Waals surface area contributed by atoms with Gasteiger partial charge in [-0.25, -0.2) is 8.42 Å². The molecule has 0 aliphatic rings. The lowest BCUT2D eigenvalue weighted by atomic mass is 10.1. The van der Waals surface area contributed by atoms with Crippen LogP contribution in [0.2, 0.25) is 5.02 Å². The highest BCUT2D eigenvalue weighted by Gasteiger charge is 2.28. The number of esters is 1. The molecular formula is C20H18ClNO4S. The predicted molar refractivity (Wildman–Crippen MR) is 107 cm³/mol. The van der Waals surface area contributed by atoms with E-state index in [0.717, 1.165) is 20.6 Å². The highest BCUT2D eigenvalue weighted by Crippen LogP contribution is 2.29. The summed E-state index contributed by atoms with van der Waals surface area (Å²) in [5.74, 6) is -0.670. The van der Waals surface area contributed by atoms with Crippen LogP contribution in [-0.2, 0) is 19.6 Å². The van der Waals surface area contributed by atoms with Gasteiger partial charge in [-0.05, 0) is 47.5 Å². The topological polar surface area (TPSA) is 63.7 Å². The van der Waals surface area contributed by atoms with Gasteiger partial charge in [0.25, 0.3) is 10.0 Å². The second-order valence-corrected chi connectivity index (χ2v) is 8.30. The van der Waals surface area contributed by atoms with Gasteiger partial charge in [0.1, 0.15) is 6.54 Å². The van der Waals surface area contributed by atoms with Gasteiger partial charge in [-0.15, -0.1) is 0 Å². The second kappa shape index (κ2) is 7.58. The predicted octanol–water partition coefficient (Wildman–Crippen LogP) is 4.17. The van der Waals surface area contributed by atoms with Crippen LogP contribution in [0.3, 0.4) is 0 Å². The van der Waals surface area contributed by atoms with Crippen LogP contribution < -0.4 is 4.31 Å². The molecular weight excluding hydrogens is 386 g/mol. The summed E-state index contributed by atoms with van der Waals surface area (Å²) in [7, 11) is -2.79. The van der Waals surface area contributed by atoms with Crippen molar-refractivity contribution in [2.24, 2.45) is 0 Å². The summed E-state index contributed by atoms with van der Waals surface area (Å²) in [6.45, 7) is 1.36. The van der Waals surface area contributed by atoms with Crippen LogP contribution in [0.4, 0.5) is 5.69 Å². The van der Waals surface area contributed by atoms with E-state index >= 15 is 0 Å². The fraction of sp³-hybridized carbons (Fsp3) is 0.150. The molecule has 5 nitrogen and oxygen atoms in total. The van der Waals surface area contributed by atoms with Crippen LogP contribution in [0.25, 0.3) is 10.8 Å². The van der Waals surface area contributed by atoms with E-state index in [0.29, 0.717) is 10.7 Å². The largest absolute Gasteiger partial charge is 0.468 e. The maximum absolute atomic E-state index is 13.3. The number of carbonyl (C=O) groups excluding carboxylic acids is 1. The third-order valence-electron chi connectivity index (χ3n) is 4.25. The molecule has 0 amide bonds. The van der Waals surface area contributed by atoms with Gasteiger partial charge in [-0.3, -0.25) is 9.10 Å². The quantitative estimate of drug-likeness (QED) is 0.600. The summed E-state index contributed by atoms with van der Waals surface area (Å²) in [4.78, 5) is 12.0. The number of anilines is 1. The van der Waals surface area contributed by atoms with Crippen LogP contribution in [0.5, 0.6) is 0 Å². The molecule has 3 aromatic carbocycles. The van der Waals surface area contributed by atoms with E-state index in [9.17, 15) is 13.2 Å². The Bertz CT molecular complexity index is 1110. The van der Waals surface area contributed by atoms with Crippen LogP contribution >= 0.6 is 11.6 Å². The van der Waals surface area contributed by atoms with Crippen LogP contribution in [-0.4, -0.2) is 28.0 Å². The number of ether oxygens (including phenoxy) is 1. The molecule has 0 saturated carbocycles. The normalized spacial score (nSPS) is 11.4. The van der Waals surface area contributed by atoms with Crippen LogP contribution in [0.1, 0.15) is 5.56 Å². The summed E-state index contributed by atoms with van der Waals surface area (Å²) in [6.07, 6.45) is 0. The molecule has 140 valence electrons. The number of benzene rings is 3. The number of carbonyl (C=O) groups is 1. The molecule has 3 rings (SSSR count). The molecule has 27 heavy (non-hydrogen) atoms. The molecule has 0 aliphatic carbocycles. The number of nitrogens with zero attached hydrogens (tertiary/aromatic N) is 1. The van der Waals surface area contributed by atoms with Crippen molar-refractivity contribution in [3.63, 3.8) is 0 Å². The van der Waals surface area contributed by atoms with E-state index in [1.165, 1.54) is 19.2 Å². The summed E-state index contributed by atoms with van der Waals surface area (Å²) < 4.78 is 32.3. The van der Waals surface area contributed by atoms with Crippen molar-refractivity contribution in [2.45, 2.75) is 11.8 Å². The molecule has 0 radical (unpaired) electrons. The zero-order valence-electron chi connectivity index (χ0n) is 14.8. The van der Waals surface area contributed by atoms with Crippen molar-refractivity contribution >= 4 is 44.1 Å². The molecule has 0 bridgehead atoms. The van der Waals surface area contributed by atoms with Crippen LogP contribution in [0.15, 0.2) is 65.6 Å². The fourth-order valence-corrected chi connectivity index (χ4v) is 4.30. The Balaban J connectivity index is 2.13. The first kappa shape index (κ1) is 19.2. The van der Waals surface area contributed by atoms with Gasteiger partial charge in [-0.2, -0.15) is 0 Å². The molecule has 0 heterocycles. The van der Waals surface area contributed by atoms with E-state index in [-0.39, 0.29) is 4.90 Å². The minimum absolute atomic E-state index is 0.0850. The van der Waals surface area contributed by atoms with Gasteiger partial charge >= 0.3 is 5.97 Å². The summed E-state index contributed by atoms with van der Waals surface area (Å²) in [5.41, 5.74) is 1.10. The minimum Gasteiger partial charge on any atom is -0.468 e. The van der Waals surface area contributed by atoms with Gasteiger partial charge in [0.15, 0.2) is 0 Å². The number of fused-ring (bicyclic) bond motifs is 1. The van der Waals surface area contributed by atoms with E-state index in [1.807, 2.05) is 31.2 Å². The maximum Gasteiger partial charge on any atom is 0.326 e. The van der Waals surface area contributed by atoms with Gasteiger partial charge in [-0.1, -0.05) is 48.0 Å². The number of halogens is 1. The van der Waals surface area contributed by atoms with E-state index < -0.39 is 22.5 Å². The zero-order chi connectivity index (χ0) is 19.6. The first-order valence-corrected chi connectivity index (χ1v) is 9.99. The standard InChI is InChI=1S/C20H18ClNO4S/c1-14-7-9-17(12-19(14)21)22(13-20(23)26-2)27(24,25)18-10-8-15-5-3-4-6-16(15)11-18/h3-12H,13H2,1-2H3. The monoisotopic (exact) mass is 403 g/mol. The van der Waals surface area contributed by atoms with Crippen molar-refractivity contribution in [1.82, 2.24) is 0 Å². The molecule has 3 aromatic rings. The third kappa shape index (κ3) is 3.91. The average molecular weight is 404 g/mol. The molecule has 0 spiro atoms. The first-order chi connectivity index (χ1) is 12.8. The van der Waals surface area contributed by atoms with Crippen molar-refractivity contribution in [2.75, 3.05) is 18.0 Å². The zero-order valence-corrected chi connectivity index (χ0v) is 16.4. The molecule has 0 unspecified atom stereocenters. The minimum atomic E-state index is -4.01. The van der Waals surface area contributed by atoms with Gasteiger partial charge in [0.05, 0.1) is 17.7 Å². The Labute approximate surface area is 163 Å². The number of aryl methyl sites for hydroxylation is 1. The van der Waals surface area contributed by atoms with E-state index in [4.69, 9.17) is 11.6 Å². The average Bonchev–Trinajstić information content (AvgIpc) is 2.67. The summed E-state index contributed by atoms with van der Waals surface area (Å²) in [5, 5.41) is 2.13. The molecule has 0 fully saturated rings. The van der Waals surface area contributed by atoms with Gasteiger partial charge < -0.3 is 4.74 Å². The van der Waals surface area contributed by atoms with Crippen molar-refractivity contribution in [3.05, 3.63) is 71.2 Å². The molecule has 0 atom stereocenters. The number of sulfonamides is 1. The number of hydrogen-bond acceptors (Lipinski definition) is 4. The lowest BCUT2D eigenvalue weighted by Crippen LogP contribution is -2.36. The second-order valence-electron chi connectivity index (χ2n) is 6.03.